The van der Waals surface area contributed by atoms with Crippen molar-refractivity contribution in [3.05, 3.63) is 11.6 Å². The fourth-order valence-corrected chi connectivity index (χ4v) is 7.72. The van der Waals surface area contributed by atoms with Crippen molar-refractivity contribution in [3.63, 3.8) is 0 Å². The Morgan fingerprint density at radius 1 is 1.15 bits per heavy atom. The Balaban J connectivity index is 1.37. The molecule has 7 heteroatoms. The molecule has 3 N–H and O–H groups in total. The molecule has 3 fully saturated rings. The van der Waals surface area contributed by atoms with E-state index in [2.05, 4.69) is 30.4 Å². The van der Waals surface area contributed by atoms with E-state index < -0.39 is 17.9 Å². The van der Waals surface area contributed by atoms with Gasteiger partial charge in [0.2, 0.25) is 0 Å². The SMILES string of the molecule is CC(C)C[C@H](NC(=O)CO/N=C1/C=C2CC[C@H]3[C@@H]4CC[C@H](O)[C@@]4(C)CC[C@@H]3[C@@]2(C)CC1)C(=O)O. The maximum atomic E-state index is 12.2. The monoisotopic (exact) mass is 474 g/mol. The largest absolute Gasteiger partial charge is 0.480 e. The lowest BCUT2D eigenvalue weighted by atomic mass is 9.47. The summed E-state index contributed by atoms with van der Waals surface area (Å²) >= 11 is 0. The molecule has 4 rings (SSSR count). The van der Waals surface area contributed by atoms with Crippen molar-refractivity contribution in [1.82, 2.24) is 5.32 Å². The Labute approximate surface area is 203 Å². The average molecular weight is 475 g/mol. The smallest absolute Gasteiger partial charge is 0.326 e. The number of aliphatic hydroxyl groups is 1. The van der Waals surface area contributed by atoms with E-state index in [0.29, 0.717) is 24.2 Å². The summed E-state index contributed by atoms with van der Waals surface area (Å²) in [5.41, 5.74) is 2.60. The first-order chi connectivity index (χ1) is 16.0. The van der Waals surface area contributed by atoms with Crippen LogP contribution in [0.3, 0.4) is 0 Å². The number of allylic oxidation sites excluding steroid dienone is 2. The van der Waals surface area contributed by atoms with Gasteiger partial charge in [-0.2, -0.15) is 0 Å². The number of oxime groups is 1. The van der Waals surface area contributed by atoms with Gasteiger partial charge >= 0.3 is 5.97 Å². The van der Waals surface area contributed by atoms with Gasteiger partial charge in [-0.1, -0.05) is 38.4 Å². The second kappa shape index (κ2) is 9.63. The Morgan fingerprint density at radius 3 is 2.62 bits per heavy atom. The zero-order valence-corrected chi connectivity index (χ0v) is 21.2. The van der Waals surface area contributed by atoms with Crippen molar-refractivity contribution in [2.75, 3.05) is 6.61 Å². The molecule has 0 aromatic heterocycles. The molecular formula is C27H42N2O5. The van der Waals surface area contributed by atoms with Crippen molar-refractivity contribution in [2.45, 2.75) is 97.6 Å². The van der Waals surface area contributed by atoms with Crippen molar-refractivity contribution in [2.24, 2.45) is 39.7 Å². The van der Waals surface area contributed by atoms with Gasteiger partial charge in [-0.05, 0) is 98.4 Å². The number of nitrogens with one attached hydrogen (secondary N) is 1. The Bertz CT molecular complexity index is 867. The summed E-state index contributed by atoms with van der Waals surface area (Å²) in [6.45, 7) is 8.31. The zero-order chi connectivity index (χ0) is 24.7. The first-order valence-electron chi connectivity index (χ1n) is 13.1. The van der Waals surface area contributed by atoms with Crippen molar-refractivity contribution < 1.29 is 24.6 Å². The first-order valence-corrected chi connectivity index (χ1v) is 13.1. The number of carboxylic acids is 1. The number of aliphatic hydroxyl groups excluding tert-OH is 1. The highest BCUT2D eigenvalue weighted by atomic mass is 16.6. The van der Waals surface area contributed by atoms with Crippen LogP contribution in [-0.4, -0.2) is 46.6 Å². The van der Waals surface area contributed by atoms with Crippen LogP contribution in [0.4, 0.5) is 0 Å². The van der Waals surface area contributed by atoms with Crippen LogP contribution in [0, 0.1) is 34.5 Å². The van der Waals surface area contributed by atoms with Crippen molar-refractivity contribution >= 4 is 17.6 Å². The Hall–Kier alpha value is -1.89. The minimum Gasteiger partial charge on any atom is -0.480 e. The number of aliphatic carboxylic acids is 1. The molecular weight excluding hydrogens is 432 g/mol. The van der Waals surface area contributed by atoms with Crippen LogP contribution in [-0.2, 0) is 14.4 Å². The number of fused-ring (bicyclic) bond motifs is 5. The molecule has 1 amide bonds. The maximum absolute atomic E-state index is 12.2. The average Bonchev–Trinajstić information content (AvgIpc) is 3.07. The number of carbonyl (C=O) groups excluding carboxylic acids is 1. The lowest BCUT2D eigenvalue weighted by molar-refractivity contribution is -0.143. The van der Waals surface area contributed by atoms with E-state index in [9.17, 15) is 19.8 Å². The zero-order valence-electron chi connectivity index (χ0n) is 21.2. The van der Waals surface area contributed by atoms with E-state index in [1.807, 2.05) is 13.8 Å². The van der Waals surface area contributed by atoms with Crippen LogP contribution in [0.5, 0.6) is 0 Å². The molecule has 0 aliphatic heterocycles. The molecule has 0 heterocycles. The summed E-state index contributed by atoms with van der Waals surface area (Å²) < 4.78 is 0. The number of carbonyl (C=O) groups is 2. The third-order valence-corrected chi connectivity index (χ3v) is 9.65. The molecule has 0 aromatic carbocycles. The van der Waals surface area contributed by atoms with Gasteiger partial charge in [-0.3, -0.25) is 4.79 Å². The summed E-state index contributed by atoms with van der Waals surface area (Å²) in [6, 6.07) is -0.908. The molecule has 34 heavy (non-hydrogen) atoms. The molecule has 0 spiro atoms. The number of carboxylic acid groups (broad SMARTS) is 1. The van der Waals surface area contributed by atoms with E-state index in [0.717, 1.165) is 44.2 Å². The molecule has 0 saturated heterocycles. The fraction of sp³-hybridized carbons (Fsp3) is 0.815. The maximum Gasteiger partial charge on any atom is 0.326 e. The summed E-state index contributed by atoms with van der Waals surface area (Å²) in [5, 5.41) is 26.7. The summed E-state index contributed by atoms with van der Waals surface area (Å²) in [5.74, 6) is 0.674. The van der Waals surface area contributed by atoms with Gasteiger partial charge in [-0.25, -0.2) is 4.79 Å². The molecule has 0 aromatic rings. The molecule has 3 saturated carbocycles. The van der Waals surface area contributed by atoms with Crippen LogP contribution < -0.4 is 5.32 Å². The molecule has 0 bridgehead atoms. The van der Waals surface area contributed by atoms with Gasteiger partial charge in [0.25, 0.3) is 5.91 Å². The number of hydrogen-bond acceptors (Lipinski definition) is 5. The minimum atomic E-state index is -1.03. The van der Waals surface area contributed by atoms with Crippen LogP contribution in [0.2, 0.25) is 0 Å². The number of rotatable bonds is 7. The predicted molar refractivity (Wildman–Crippen MR) is 130 cm³/mol. The van der Waals surface area contributed by atoms with Gasteiger partial charge < -0.3 is 20.4 Å². The molecule has 7 atom stereocenters. The standard InChI is InChI=1S/C27H42N2O5/c1-16(2)13-22(25(32)33)28-24(31)15-34-29-18-9-11-26(3)17(14-18)5-6-19-20-7-8-23(30)27(20,4)12-10-21(19)26/h14,16,19-23,30H,5-13,15H2,1-4H3,(H,28,31)(H,32,33)/b29-18+/t19-,20-,21-,22-,23-,26-,27-/m0/s1. The normalized spacial score (nSPS) is 39.0. The highest BCUT2D eigenvalue weighted by molar-refractivity contribution is 5.96. The number of hydrogen-bond donors (Lipinski definition) is 3. The van der Waals surface area contributed by atoms with Gasteiger partial charge in [0.05, 0.1) is 11.8 Å². The molecule has 4 aliphatic rings. The van der Waals surface area contributed by atoms with E-state index in [4.69, 9.17) is 4.84 Å². The lowest BCUT2D eigenvalue weighted by Gasteiger charge is -2.57. The Kier molecular flexibility index (Phi) is 7.14. The van der Waals surface area contributed by atoms with Crippen LogP contribution >= 0.6 is 0 Å². The minimum absolute atomic E-state index is 0.100. The molecule has 0 radical (unpaired) electrons. The third-order valence-electron chi connectivity index (χ3n) is 9.65. The van der Waals surface area contributed by atoms with Crippen molar-refractivity contribution in [1.29, 1.82) is 0 Å². The predicted octanol–water partition coefficient (Wildman–Crippen LogP) is 4.30. The molecule has 7 nitrogen and oxygen atoms in total. The van der Waals surface area contributed by atoms with E-state index >= 15 is 0 Å². The lowest BCUT2D eigenvalue weighted by Crippen LogP contribution is -2.51. The van der Waals surface area contributed by atoms with Gasteiger partial charge in [0.1, 0.15) is 6.04 Å². The second-order valence-corrected chi connectivity index (χ2v) is 12.1. The fourth-order valence-electron chi connectivity index (χ4n) is 7.72. The number of amides is 1. The molecule has 190 valence electrons. The quantitative estimate of drug-likeness (QED) is 0.477. The summed E-state index contributed by atoms with van der Waals surface area (Å²) in [4.78, 5) is 28.8. The van der Waals surface area contributed by atoms with Gasteiger partial charge in [-0.15, -0.1) is 0 Å². The first kappa shape index (κ1) is 25.2. The van der Waals surface area contributed by atoms with Crippen LogP contribution in [0.25, 0.3) is 0 Å². The topological polar surface area (TPSA) is 108 Å². The third kappa shape index (κ3) is 4.65. The van der Waals surface area contributed by atoms with Gasteiger partial charge in [0, 0.05) is 0 Å². The highest BCUT2D eigenvalue weighted by Gasteiger charge is 2.58. The molecule has 4 aliphatic carbocycles. The summed E-state index contributed by atoms with van der Waals surface area (Å²) in [6.07, 6.45) is 11.0. The van der Waals surface area contributed by atoms with Crippen LogP contribution in [0.1, 0.15) is 85.5 Å². The van der Waals surface area contributed by atoms with E-state index in [1.54, 1.807) is 0 Å². The van der Waals surface area contributed by atoms with E-state index in [1.165, 1.54) is 18.4 Å². The summed E-state index contributed by atoms with van der Waals surface area (Å²) in [7, 11) is 0. The van der Waals surface area contributed by atoms with Crippen molar-refractivity contribution in [3.8, 4) is 0 Å². The second-order valence-electron chi connectivity index (χ2n) is 12.1. The van der Waals surface area contributed by atoms with Gasteiger partial charge in [0.15, 0.2) is 6.61 Å². The Morgan fingerprint density at radius 2 is 1.91 bits per heavy atom. The van der Waals surface area contributed by atoms with Crippen LogP contribution in [0.15, 0.2) is 16.8 Å². The number of nitrogens with zero attached hydrogens (tertiary/aromatic N) is 1. The van der Waals surface area contributed by atoms with E-state index in [-0.39, 0.29) is 29.5 Å². The molecule has 0 unspecified atom stereocenters. The highest BCUT2D eigenvalue weighted by Crippen LogP contribution is 2.65.